The number of fused-ring (bicyclic) bond motifs is 3. The highest BCUT2D eigenvalue weighted by molar-refractivity contribution is 6.31. The Morgan fingerprint density at radius 3 is 2.49 bits per heavy atom. The number of nitrogens with zero attached hydrogens (tertiary/aromatic N) is 5. The van der Waals surface area contributed by atoms with Crippen molar-refractivity contribution in [3.05, 3.63) is 123 Å². The molecule has 4 heterocycles. The summed E-state index contributed by atoms with van der Waals surface area (Å²) >= 11 is 6.46. The van der Waals surface area contributed by atoms with Crippen LogP contribution in [0.5, 0.6) is 11.5 Å². The van der Waals surface area contributed by atoms with Crippen molar-refractivity contribution >= 4 is 46.5 Å². The monoisotopic (exact) mass is 785 g/mol. The summed E-state index contributed by atoms with van der Waals surface area (Å²) in [6, 6.07) is 20.7. The Bertz CT molecular complexity index is 2540. The third-order valence-electron chi connectivity index (χ3n) is 10.4. The molecule has 288 valence electrons. The third kappa shape index (κ3) is 6.98. The maximum atomic E-state index is 15.3. The standard InChI is InChI=1S/C43H37ClFN7O5/c1-55-35-8-4-7-34(45)37(35)39-33-17-27(44)9-12-31(33)38-26(19-47-39)20-48-42(50-38)49-28-10-13-32(36(18-28)56-2)40(53)52-23-43(24-52)21-51(22-43)29-11-14-30(41(54)57-3)25(16-29)6-5-15-46/h4,7-14,16-18,20H,15,19,21-24,46H2,1-3H3,(H,48,49,50). The van der Waals surface area contributed by atoms with Gasteiger partial charge in [-0.1, -0.05) is 35.6 Å². The van der Waals surface area contributed by atoms with Crippen molar-refractivity contribution in [3.8, 4) is 34.6 Å². The number of benzene rings is 4. The van der Waals surface area contributed by atoms with E-state index in [9.17, 15) is 9.59 Å². The molecule has 5 aromatic rings. The van der Waals surface area contributed by atoms with Gasteiger partial charge in [-0.25, -0.2) is 19.2 Å². The SMILES string of the molecule is COC(=O)c1ccc(N2CC3(CN(C(=O)c4ccc(Nc5ncc6c(n5)-c5ccc(Cl)cc5C(c5c(F)cccc5OC)=NC6)cc4OC)C3)C2)cc1C#CCN. The molecule has 57 heavy (non-hydrogen) atoms. The summed E-state index contributed by atoms with van der Waals surface area (Å²) in [5.74, 6) is 5.81. The molecule has 12 nitrogen and oxygen atoms in total. The molecule has 3 aliphatic heterocycles. The van der Waals surface area contributed by atoms with E-state index in [2.05, 4.69) is 27.0 Å². The fraction of sp³-hybridized carbons (Fsp3) is 0.233. The number of rotatable bonds is 8. The van der Waals surface area contributed by atoms with Gasteiger partial charge in [0.25, 0.3) is 5.91 Å². The predicted molar refractivity (Wildman–Crippen MR) is 215 cm³/mol. The van der Waals surface area contributed by atoms with Gasteiger partial charge < -0.3 is 35.1 Å². The van der Waals surface area contributed by atoms with Gasteiger partial charge >= 0.3 is 5.97 Å². The van der Waals surface area contributed by atoms with E-state index in [0.717, 1.165) is 24.3 Å². The number of nitrogens with two attached hydrogens (primary N) is 1. The van der Waals surface area contributed by atoms with E-state index in [4.69, 9.17) is 41.5 Å². The number of amides is 1. The first-order valence-electron chi connectivity index (χ1n) is 18.1. The number of carbonyl (C=O) groups excluding carboxylic acids is 2. The largest absolute Gasteiger partial charge is 0.496 e. The Labute approximate surface area is 333 Å². The first-order valence-corrected chi connectivity index (χ1v) is 18.5. The molecular formula is C43H37ClFN7O5. The quantitative estimate of drug-likeness (QED) is 0.140. The van der Waals surface area contributed by atoms with Crippen molar-refractivity contribution in [3.63, 3.8) is 0 Å². The Balaban J connectivity index is 0.966. The molecule has 0 radical (unpaired) electrons. The van der Waals surface area contributed by atoms with Crippen LogP contribution in [0.2, 0.25) is 5.02 Å². The van der Waals surface area contributed by atoms with Crippen molar-refractivity contribution in [2.45, 2.75) is 6.54 Å². The molecule has 2 fully saturated rings. The normalized spacial score (nSPS) is 14.7. The fourth-order valence-corrected chi connectivity index (χ4v) is 7.84. The van der Waals surface area contributed by atoms with Crippen molar-refractivity contribution in [1.29, 1.82) is 0 Å². The Morgan fingerprint density at radius 2 is 1.74 bits per heavy atom. The molecule has 1 spiro atoms. The molecule has 4 aromatic carbocycles. The fourth-order valence-electron chi connectivity index (χ4n) is 7.67. The number of halogens is 2. The maximum Gasteiger partial charge on any atom is 0.339 e. The lowest BCUT2D eigenvalue weighted by Crippen LogP contribution is -2.73. The molecule has 1 amide bonds. The second-order valence-corrected chi connectivity index (χ2v) is 14.5. The van der Waals surface area contributed by atoms with E-state index in [1.54, 1.807) is 54.7 Å². The molecule has 0 bridgehead atoms. The Hall–Kier alpha value is -6.49. The van der Waals surface area contributed by atoms with Crippen LogP contribution in [-0.4, -0.2) is 86.5 Å². The lowest BCUT2D eigenvalue weighted by molar-refractivity contribution is -0.0106. The van der Waals surface area contributed by atoms with E-state index in [-0.39, 0.29) is 30.0 Å². The minimum Gasteiger partial charge on any atom is -0.496 e. The smallest absolute Gasteiger partial charge is 0.339 e. The van der Waals surface area contributed by atoms with Gasteiger partial charge in [-0.05, 0) is 54.6 Å². The molecule has 3 N–H and O–H groups in total. The van der Waals surface area contributed by atoms with Crippen LogP contribution in [-0.2, 0) is 11.3 Å². The van der Waals surface area contributed by atoms with Gasteiger partial charge in [0.1, 0.15) is 17.3 Å². The van der Waals surface area contributed by atoms with Crippen LogP contribution in [0, 0.1) is 23.1 Å². The van der Waals surface area contributed by atoms with Gasteiger partial charge in [0, 0.05) is 82.5 Å². The average molecular weight is 786 g/mol. The molecule has 8 rings (SSSR count). The highest BCUT2D eigenvalue weighted by Crippen LogP contribution is 2.44. The van der Waals surface area contributed by atoms with E-state index < -0.39 is 11.8 Å². The molecule has 1 aromatic heterocycles. The van der Waals surface area contributed by atoms with Gasteiger partial charge in [-0.3, -0.25) is 9.79 Å². The topological polar surface area (TPSA) is 145 Å². The first kappa shape index (κ1) is 37.4. The van der Waals surface area contributed by atoms with Crippen LogP contribution in [0.15, 0.2) is 84.0 Å². The number of anilines is 3. The van der Waals surface area contributed by atoms with E-state index >= 15 is 4.39 Å². The number of hydrogen-bond acceptors (Lipinski definition) is 11. The van der Waals surface area contributed by atoms with Crippen LogP contribution >= 0.6 is 11.6 Å². The molecule has 0 atom stereocenters. The van der Waals surface area contributed by atoms with E-state index in [1.807, 2.05) is 23.1 Å². The van der Waals surface area contributed by atoms with Gasteiger partial charge in [-0.2, -0.15) is 0 Å². The van der Waals surface area contributed by atoms with Crippen LogP contribution in [0.3, 0.4) is 0 Å². The van der Waals surface area contributed by atoms with Gasteiger partial charge in [-0.15, -0.1) is 0 Å². The lowest BCUT2D eigenvalue weighted by atomic mass is 9.72. The number of ether oxygens (including phenoxy) is 3. The van der Waals surface area contributed by atoms with Crippen LogP contribution < -0.4 is 25.4 Å². The molecule has 0 saturated carbocycles. The number of hydrogen-bond donors (Lipinski definition) is 2. The highest BCUT2D eigenvalue weighted by Gasteiger charge is 2.53. The van der Waals surface area contributed by atoms with E-state index in [0.29, 0.717) is 80.5 Å². The minimum atomic E-state index is -0.470. The summed E-state index contributed by atoms with van der Waals surface area (Å²) in [6.07, 6.45) is 1.69. The number of likely N-dealkylation sites (tertiary alicyclic amines) is 1. The predicted octanol–water partition coefficient (Wildman–Crippen LogP) is 6.11. The summed E-state index contributed by atoms with van der Waals surface area (Å²) in [7, 11) is 4.35. The Morgan fingerprint density at radius 1 is 0.947 bits per heavy atom. The second-order valence-electron chi connectivity index (χ2n) is 14.0. The zero-order chi connectivity index (χ0) is 39.8. The van der Waals surface area contributed by atoms with Gasteiger partial charge in [0.05, 0.1) is 62.5 Å². The molecule has 0 aliphatic carbocycles. The minimum absolute atomic E-state index is 0.0196. The number of methoxy groups -OCH3 is 3. The van der Waals surface area contributed by atoms with Gasteiger partial charge in [0.15, 0.2) is 0 Å². The third-order valence-corrected chi connectivity index (χ3v) is 10.6. The number of nitrogens with one attached hydrogen (secondary N) is 1. The van der Waals surface area contributed by atoms with Crippen molar-refractivity contribution in [2.24, 2.45) is 16.1 Å². The van der Waals surface area contributed by atoms with Crippen LogP contribution in [0.1, 0.15) is 43.0 Å². The molecule has 0 unspecified atom stereocenters. The summed E-state index contributed by atoms with van der Waals surface area (Å²) in [4.78, 5) is 44.2. The first-order chi connectivity index (χ1) is 27.6. The number of esters is 1. The highest BCUT2D eigenvalue weighted by atomic mass is 35.5. The van der Waals surface area contributed by atoms with Crippen molar-refractivity contribution < 1.29 is 28.2 Å². The summed E-state index contributed by atoms with van der Waals surface area (Å²) < 4.78 is 31.4. The van der Waals surface area contributed by atoms with Crippen molar-refractivity contribution in [1.82, 2.24) is 14.9 Å². The zero-order valence-electron chi connectivity index (χ0n) is 31.4. The average Bonchev–Trinajstić information content (AvgIpc) is 3.34. The molecule has 14 heteroatoms. The summed E-state index contributed by atoms with van der Waals surface area (Å²) in [5, 5.41) is 3.71. The van der Waals surface area contributed by atoms with Crippen molar-refractivity contribution in [2.75, 3.05) is 64.3 Å². The van der Waals surface area contributed by atoms with E-state index in [1.165, 1.54) is 27.4 Å². The number of aliphatic imine (C=N–C) groups is 1. The van der Waals surface area contributed by atoms with Gasteiger partial charge in [0.2, 0.25) is 5.95 Å². The lowest BCUT2D eigenvalue weighted by Gasteiger charge is -2.61. The zero-order valence-corrected chi connectivity index (χ0v) is 32.1. The molecular weight excluding hydrogens is 749 g/mol. The molecule has 3 aliphatic rings. The maximum absolute atomic E-state index is 15.3. The second kappa shape index (κ2) is 15.2. The van der Waals surface area contributed by atoms with Crippen LogP contribution in [0.25, 0.3) is 11.3 Å². The van der Waals surface area contributed by atoms with Crippen LogP contribution in [0.4, 0.5) is 21.7 Å². The molecule has 2 saturated heterocycles. The summed E-state index contributed by atoms with van der Waals surface area (Å²) in [6.45, 7) is 3.12. The summed E-state index contributed by atoms with van der Waals surface area (Å²) in [5.41, 5.74) is 11.8. The number of aromatic nitrogens is 2. The Kier molecular flexibility index (Phi) is 9.99. The number of carbonyl (C=O) groups is 2.